The molecule has 0 saturated carbocycles. The Morgan fingerprint density at radius 1 is 1.33 bits per heavy atom. The van der Waals surface area contributed by atoms with Crippen LogP contribution in [0, 0.1) is 0 Å². The summed E-state index contributed by atoms with van der Waals surface area (Å²) in [5, 5.41) is 2.45. The third kappa shape index (κ3) is 3.89. The molecule has 4 nitrogen and oxygen atoms in total. The fourth-order valence-electron chi connectivity index (χ4n) is 1.31. The molecule has 6 heteroatoms. The van der Waals surface area contributed by atoms with Crippen molar-refractivity contribution in [3.63, 3.8) is 0 Å². The van der Waals surface area contributed by atoms with Gasteiger partial charge in [0.1, 0.15) is 10.0 Å². The third-order valence-corrected chi connectivity index (χ3v) is 2.86. The van der Waals surface area contributed by atoms with E-state index < -0.39 is 0 Å². The van der Waals surface area contributed by atoms with E-state index in [1.165, 1.54) is 19.3 Å². The van der Waals surface area contributed by atoms with Crippen LogP contribution in [0.4, 0.5) is 0 Å². The monoisotopic (exact) mass is 246 g/mol. The van der Waals surface area contributed by atoms with Crippen molar-refractivity contribution < 1.29 is 0 Å². The predicted molar refractivity (Wildman–Crippen MR) is 69.9 cm³/mol. The fraction of sp³-hybridized carbons (Fsp3) is 0.667. The zero-order valence-corrected chi connectivity index (χ0v) is 10.6. The Morgan fingerprint density at radius 2 is 2.07 bits per heavy atom. The lowest BCUT2D eigenvalue weighted by atomic mass is 10.2. The lowest BCUT2D eigenvalue weighted by Crippen LogP contribution is -2.55. The van der Waals surface area contributed by atoms with Crippen LogP contribution in [0.1, 0.15) is 32.6 Å². The second-order valence-electron chi connectivity index (χ2n) is 3.53. The second kappa shape index (κ2) is 6.19. The van der Waals surface area contributed by atoms with E-state index in [2.05, 4.69) is 30.4 Å². The maximum absolute atomic E-state index is 5.67. The molecule has 0 aromatic heterocycles. The molecule has 0 aliphatic carbocycles. The van der Waals surface area contributed by atoms with E-state index in [0.717, 1.165) is 13.0 Å². The normalized spacial score (nSPS) is 17.6. The van der Waals surface area contributed by atoms with Gasteiger partial charge in [-0.15, -0.1) is 17.7 Å². The van der Waals surface area contributed by atoms with Gasteiger partial charge in [0.05, 0.1) is 5.70 Å². The SMILES string of the molecule is CCCCCCN1NC(=S)C(N)=C(S)N1. The van der Waals surface area contributed by atoms with Gasteiger partial charge in [-0.25, -0.2) is 0 Å². The summed E-state index contributed by atoms with van der Waals surface area (Å²) in [7, 11) is 0. The van der Waals surface area contributed by atoms with E-state index in [9.17, 15) is 0 Å². The summed E-state index contributed by atoms with van der Waals surface area (Å²) in [5.74, 6) is 0. The van der Waals surface area contributed by atoms with E-state index >= 15 is 0 Å². The van der Waals surface area contributed by atoms with Crippen LogP contribution in [0.5, 0.6) is 0 Å². The van der Waals surface area contributed by atoms with Crippen LogP contribution in [0.3, 0.4) is 0 Å². The maximum atomic E-state index is 5.67. The molecule has 0 spiro atoms. The van der Waals surface area contributed by atoms with Gasteiger partial charge in [0.25, 0.3) is 0 Å². The molecule has 0 unspecified atom stereocenters. The Morgan fingerprint density at radius 3 is 2.67 bits per heavy atom. The largest absolute Gasteiger partial charge is 0.394 e. The summed E-state index contributed by atoms with van der Waals surface area (Å²) in [5.41, 5.74) is 12.2. The van der Waals surface area contributed by atoms with Crippen LogP contribution < -0.4 is 16.6 Å². The summed E-state index contributed by atoms with van der Waals surface area (Å²) >= 11 is 9.27. The Balaban J connectivity index is 2.31. The lowest BCUT2D eigenvalue weighted by Gasteiger charge is -2.30. The van der Waals surface area contributed by atoms with Crippen LogP contribution in [-0.4, -0.2) is 16.7 Å². The molecular formula is C9H18N4S2. The highest BCUT2D eigenvalue weighted by Crippen LogP contribution is 2.08. The predicted octanol–water partition coefficient (Wildman–Crippen LogP) is 1.28. The Hall–Kier alpha value is -0.460. The zero-order valence-electron chi connectivity index (χ0n) is 8.92. The number of unbranched alkanes of at least 4 members (excludes halogenated alkanes) is 3. The number of hydrogen-bond acceptors (Lipinski definition) is 5. The Bertz CT molecular complexity index is 265. The summed E-state index contributed by atoms with van der Waals surface area (Å²) in [6.45, 7) is 3.08. The molecule has 0 aromatic rings. The van der Waals surface area contributed by atoms with Crippen LogP contribution >= 0.6 is 24.8 Å². The third-order valence-electron chi connectivity index (χ3n) is 2.21. The van der Waals surface area contributed by atoms with E-state index in [-0.39, 0.29) is 0 Å². The summed E-state index contributed by atoms with van der Waals surface area (Å²) in [6.07, 6.45) is 4.86. The molecule has 1 rings (SSSR count). The highest BCUT2D eigenvalue weighted by atomic mass is 32.1. The number of rotatable bonds is 5. The molecule has 0 saturated heterocycles. The van der Waals surface area contributed by atoms with Gasteiger partial charge in [0.15, 0.2) is 0 Å². The molecule has 0 atom stereocenters. The first-order chi connectivity index (χ1) is 7.15. The van der Waals surface area contributed by atoms with E-state index in [1.54, 1.807) is 0 Å². The van der Waals surface area contributed by atoms with Crippen molar-refractivity contribution in [2.45, 2.75) is 32.6 Å². The first-order valence-corrected chi connectivity index (χ1v) is 6.04. The van der Waals surface area contributed by atoms with Crippen molar-refractivity contribution in [3.05, 3.63) is 10.7 Å². The molecule has 1 heterocycles. The first-order valence-electron chi connectivity index (χ1n) is 5.19. The van der Waals surface area contributed by atoms with Crippen LogP contribution in [0.2, 0.25) is 0 Å². The number of thiocarbonyl (C=S) groups is 1. The quantitative estimate of drug-likeness (QED) is 0.334. The van der Waals surface area contributed by atoms with Crippen molar-refractivity contribution >= 4 is 29.8 Å². The first kappa shape index (κ1) is 12.6. The minimum Gasteiger partial charge on any atom is -0.394 e. The number of nitrogens with one attached hydrogen (secondary N) is 2. The number of hydrogen-bond donors (Lipinski definition) is 4. The van der Waals surface area contributed by atoms with Gasteiger partial charge in [0, 0.05) is 6.54 Å². The molecule has 0 amide bonds. The molecule has 0 radical (unpaired) electrons. The highest BCUT2D eigenvalue weighted by molar-refractivity contribution is 7.85. The van der Waals surface area contributed by atoms with E-state index in [0.29, 0.717) is 15.7 Å². The molecule has 86 valence electrons. The van der Waals surface area contributed by atoms with Crippen molar-refractivity contribution in [1.29, 1.82) is 0 Å². The van der Waals surface area contributed by atoms with Crippen LogP contribution in [0.15, 0.2) is 10.7 Å². The van der Waals surface area contributed by atoms with Crippen molar-refractivity contribution in [1.82, 2.24) is 16.0 Å². The smallest absolute Gasteiger partial charge is 0.141 e. The molecule has 0 aromatic carbocycles. The molecule has 1 aliphatic heterocycles. The van der Waals surface area contributed by atoms with Gasteiger partial charge in [-0.1, -0.05) is 38.4 Å². The zero-order chi connectivity index (χ0) is 11.3. The van der Waals surface area contributed by atoms with E-state index in [4.69, 9.17) is 18.0 Å². The van der Waals surface area contributed by atoms with Gasteiger partial charge in [0.2, 0.25) is 0 Å². The van der Waals surface area contributed by atoms with Crippen LogP contribution in [-0.2, 0) is 0 Å². The number of thiol groups is 1. The van der Waals surface area contributed by atoms with Crippen LogP contribution in [0.25, 0.3) is 0 Å². The highest BCUT2D eigenvalue weighted by Gasteiger charge is 2.17. The lowest BCUT2D eigenvalue weighted by molar-refractivity contribution is 0.171. The van der Waals surface area contributed by atoms with Crippen molar-refractivity contribution in [2.75, 3.05) is 6.54 Å². The van der Waals surface area contributed by atoms with Gasteiger partial charge in [-0.05, 0) is 6.42 Å². The summed E-state index contributed by atoms with van der Waals surface area (Å²) in [6, 6.07) is 0. The minimum atomic E-state index is 0.498. The average Bonchev–Trinajstić information content (AvgIpc) is 2.21. The maximum Gasteiger partial charge on any atom is 0.141 e. The molecule has 4 N–H and O–H groups in total. The molecule has 0 bridgehead atoms. The number of nitrogens with two attached hydrogens (primary N) is 1. The van der Waals surface area contributed by atoms with Gasteiger partial charge < -0.3 is 5.73 Å². The topological polar surface area (TPSA) is 53.3 Å². The number of nitrogens with zero attached hydrogens (tertiary/aromatic N) is 1. The average molecular weight is 246 g/mol. The van der Waals surface area contributed by atoms with Crippen molar-refractivity contribution in [2.24, 2.45) is 5.73 Å². The van der Waals surface area contributed by atoms with Gasteiger partial charge in [-0.3, -0.25) is 10.9 Å². The minimum absolute atomic E-state index is 0.498. The Labute approximate surface area is 102 Å². The molecular weight excluding hydrogens is 228 g/mol. The van der Waals surface area contributed by atoms with Gasteiger partial charge in [-0.2, -0.15) is 0 Å². The van der Waals surface area contributed by atoms with Crippen molar-refractivity contribution in [3.8, 4) is 0 Å². The molecule has 1 aliphatic rings. The molecule has 0 fully saturated rings. The standard InChI is InChI=1S/C9H18N4S2/c1-2-3-4-5-6-13-11-8(14)7(10)9(15)12-13/h11,14H,2-6,10H2,1H3,(H,12,15). The second-order valence-corrected chi connectivity index (χ2v) is 4.38. The summed E-state index contributed by atoms with van der Waals surface area (Å²) in [4.78, 5) is 0.536. The fourth-order valence-corrected chi connectivity index (χ4v) is 1.84. The van der Waals surface area contributed by atoms with Gasteiger partial charge >= 0.3 is 0 Å². The number of hydrazine groups is 2. The summed E-state index contributed by atoms with van der Waals surface area (Å²) < 4.78 is 0. The molecule has 15 heavy (non-hydrogen) atoms. The van der Waals surface area contributed by atoms with E-state index in [1.807, 2.05) is 5.12 Å². The Kier molecular flexibility index (Phi) is 5.21.